The number of para-hydroxylation sites is 2. The number of rotatable bonds is 3. The van der Waals surface area contributed by atoms with Crippen LogP contribution in [0.25, 0.3) is 5.70 Å². The molecule has 0 radical (unpaired) electrons. The van der Waals surface area contributed by atoms with Crippen molar-refractivity contribution < 1.29 is 19.1 Å². The minimum Gasteiger partial charge on any atom is -0.454 e. The van der Waals surface area contributed by atoms with Crippen LogP contribution in [0.1, 0.15) is 15.9 Å². The first kappa shape index (κ1) is 17.7. The average molecular weight is 400 g/mol. The molecule has 2 amide bonds. The van der Waals surface area contributed by atoms with E-state index in [0.29, 0.717) is 39.7 Å². The Labute approximate surface area is 171 Å². The Morgan fingerprint density at radius 3 is 2.47 bits per heavy atom. The predicted octanol–water partition coefficient (Wildman–Crippen LogP) is 2.97. The van der Waals surface area contributed by atoms with Gasteiger partial charge in [-0.3, -0.25) is 14.6 Å². The zero-order valence-electron chi connectivity index (χ0n) is 15.6. The summed E-state index contributed by atoms with van der Waals surface area (Å²) < 4.78 is 10.9. The van der Waals surface area contributed by atoms with Crippen LogP contribution in [-0.4, -0.2) is 23.6 Å². The summed E-state index contributed by atoms with van der Waals surface area (Å²) in [7, 11) is 0. The lowest BCUT2D eigenvalue weighted by Crippen LogP contribution is -2.31. The van der Waals surface area contributed by atoms with Gasteiger partial charge in [0.2, 0.25) is 6.79 Å². The standard InChI is InChI=1S/C22H16N4O4/c27-21(13-7-9-23-10-8-13)26-20-19(14-5-6-17-18(11-14)30-12-29-17)24-15-3-1-2-4-16(15)25-22(20)28/h1-11,24H,12H2,(H,25,28)(H,26,27). The Morgan fingerprint density at radius 2 is 1.67 bits per heavy atom. The molecule has 0 saturated carbocycles. The molecule has 148 valence electrons. The highest BCUT2D eigenvalue weighted by molar-refractivity contribution is 6.16. The van der Waals surface area contributed by atoms with Gasteiger partial charge in [0.05, 0.1) is 17.1 Å². The van der Waals surface area contributed by atoms with E-state index in [0.717, 1.165) is 0 Å². The van der Waals surface area contributed by atoms with Crippen LogP contribution in [0.3, 0.4) is 0 Å². The maximum atomic E-state index is 13.1. The maximum Gasteiger partial charge on any atom is 0.274 e. The van der Waals surface area contributed by atoms with Crippen LogP contribution in [0.4, 0.5) is 11.4 Å². The van der Waals surface area contributed by atoms with Gasteiger partial charge in [-0.1, -0.05) is 12.1 Å². The highest BCUT2D eigenvalue weighted by Gasteiger charge is 2.26. The molecular formula is C22H16N4O4. The first-order valence-corrected chi connectivity index (χ1v) is 9.22. The maximum absolute atomic E-state index is 13.1. The number of anilines is 2. The quantitative estimate of drug-likeness (QED) is 0.625. The summed E-state index contributed by atoms with van der Waals surface area (Å²) >= 11 is 0. The van der Waals surface area contributed by atoms with E-state index in [1.807, 2.05) is 18.2 Å². The number of carbonyl (C=O) groups excluding carboxylic acids is 2. The molecule has 8 nitrogen and oxygen atoms in total. The van der Waals surface area contributed by atoms with Gasteiger partial charge < -0.3 is 25.4 Å². The van der Waals surface area contributed by atoms with Crippen LogP contribution in [-0.2, 0) is 4.79 Å². The number of carbonyl (C=O) groups is 2. The molecule has 1 aromatic heterocycles. The number of amides is 2. The Hall–Kier alpha value is -4.33. The lowest BCUT2D eigenvalue weighted by molar-refractivity contribution is -0.113. The number of ether oxygens (including phenoxy) is 2. The third-order valence-electron chi connectivity index (χ3n) is 4.75. The third-order valence-corrected chi connectivity index (χ3v) is 4.75. The van der Waals surface area contributed by atoms with Crippen LogP contribution in [0.2, 0.25) is 0 Å². The lowest BCUT2D eigenvalue weighted by Gasteiger charge is -2.15. The zero-order valence-corrected chi connectivity index (χ0v) is 15.6. The summed E-state index contributed by atoms with van der Waals surface area (Å²) in [5.74, 6) is 0.329. The van der Waals surface area contributed by atoms with Gasteiger partial charge in [-0.15, -0.1) is 0 Å². The van der Waals surface area contributed by atoms with Crippen LogP contribution in [0.15, 0.2) is 72.7 Å². The second kappa shape index (κ2) is 7.25. The van der Waals surface area contributed by atoms with Crippen molar-refractivity contribution in [3.05, 3.63) is 83.8 Å². The molecule has 0 atom stereocenters. The largest absolute Gasteiger partial charge is 0.454 e. The summed E-state index contributed by atoms with van der Waals surface area (Å²) in [5, 5.41) is 8.86. The molecular weight excluding hydrogens is 384 g/mol. The summed E-state index contributed by atoms with van der Waals surface area (Å²) in [6.07, 6.45) is 3.03. The van der Waals surface area contributed by atoms with Crippen molar-refractivity contribution in [2.45, 2.75) is 0 Å². The Morgan fingerprint density at radius 1 is 0.933 bits per heavy atom. The fourth-order valence-electron chi connectivity index (χ4n) is 3.27. The molecule has 3 heterocycles. The second-order valence-electron chi connectivity index (χ2n) is 6.63. The number of benzene rings is 2. The Balaban J connectivity index is 1.61. The first-order chi connectivity index (χ1) is 14.7. The monoisotopic (exact) mass is 400 g/mol. The number of nitrogens with zero attached hydrogens (tertiary/aromatic N) is 1. The molecule has 0 fully saturated rings. The smallest absolute Gasteiger partial charge is 0.274 e. The van der Waals surface area contributed by atoms with Gasteiger partial charge in [0, 0.05) is 23.5 Å². The topological polar surface area (TPSA) is 102 Å². The number of hydrogen-bond acceptors (Lipinski definition) is 6. The van der Waals surface area contributed by atoms with Gasteiger partial charge in [0.1, 0.15) is 5.70 Å². The molecule has 2 aromatic carbocycles. The van der Waals surface area contributed by atoms with Crippen molar-refractivity contribution in [3.63, 3.8) is 0 Å². The van der Waals surface area contributed by atoms with Crippen LogP contribution >= 0.6 is 0 Å². The summed E-state index contributed by atoms with van der Waals surface area (Å²) in [4.78, 5) is 29.8. The Bertz CT molecular complexity index is 1190. The van der Waals surface area contributed by atoms with Gasteiger partial charge in [0.15, 0.2) is 11.5 Å². The minimum atomic E-state index is -0.442. The molecule has 0 bridgehead atoms. The van der Waals surface area contributed by atoms with E-state index in [9.17, 15) is 9.59 Å². The predicted molar refractivity (Wildman–Crippen MR) is 110 cm³/mol. The van der Waals surface area contributed by atoms with Gasteiger partial charge in [-0.2, -0.15) is 0 Å². The van der Waals surface area contributed by atoms with E-state index in [-0.39, 0.29) is 12.5 Å². The van der Waals surface area contributed by atoms with Crippen LogP contribution < -0.4 is 25.4 Å². The molecule has 0 aliphatic carbocycles. The number of pyridine rings is 1. The molecule has 8 heteroatoms. The minimum absolute atomic E-state index is 0.0897. The zero-order chi connectivity index (χ0) is 20.5. The van der Waals surface area contributed by atoms with Crippen molar-refractivity contribution in [1.82, 2.24) is 10.3 Å². The van der Waals surface area contributed by atoms with E-state index in [1.165, 1.54) is 12.4 Å². The van der Waals surface area contributed by atoms with E-state index >= 15 is 0 Å². The summed E-state index contributed by atoms with van der Waals surface area (Å²) in [5.41, 5.74) is 2.89. The van der Waals surface area contributed by atoms with Gasteiger partial charge >= 0.3 is 0 Å². The Kier molecular flexibility index (Phi) is 4.29. The van der Waals surface area contributed by atoms with Gasteiger partial charge in [-0.05, 0) is 42.5 Å². The summed E-state index contributed by atoms with van der Waals surface area (Å²) in [6.45, 7) is 0.139. The third kappa shape index (κ3) is 3.20. The fourth-order valence-corrected chi connectivity index (χ4v) is 3.27. The number of fused-ring (bicyclic) bond motifs is 2. The molecule has 3 N–H and O–H groups in total. The molecule has 0 spiro atoms. The molecule has 5 rings (SSSR count). The van der Waals surface area contributed by atoms with E-state index < -0.39 is 11.8 Å². The summed E-state index contributed by atoms with van der Waals surface area (Å²) in [6, 6.07) is 15.8. The van der Waals surface area contributed by atoms with Crippen molar-refractivity contribution in [2.75, 3.05) is 17.4 Å². The average Bonchev–Trinajstić information content (AvgIpc) is 3.20. The van der Waals surface area contributed by atoms with Gasteiger partial charge in [-0.25, -0.2) is 0 Å². The fraction of sp³-hybridized carbons (Fsp3) is 0.0455. The SMILES string of the molecule is O=C1Nc2ccccc2NC(c2ccc3c(c2)OCO3)=C1NC(=O)c1ccncc1. The number of hydrogen-bond donors (Lipinski definition) is 3. The van der Waals surface area contributed by atoms with Crippen molar-refractivity contribution in [1.29, 1.82) is 0 Å². The van der Waals surface area contributed by atoms with Crippen LogP contribution in [0.5, 0.6) is 11.5 Å². The second-order valence-corrected chi connectivity index (χ2v) is 6.63. The molecule has 30 heavy (non-hydrogen) atoms. The van der Waals surface area contributed by atoms with Crippen molar-refractivity contribution >= 4 is 28.9 Å². The first-order valence-electron chi connectivity index (χ1n) is 9.22. The molecule has 2 aliphatic rings. The lowest BCUT2D eigenvalue weighted by atomic mass is 10.1. The van der Waals surface area contributed by atoms with E-state index in [1.54, 1.807) is 36.4 Å². The van der Waals surface area contributed by atoms with Crippen molar-refractivity contribution in [3.8, 4) is 11.5 Å². The van der Waals surface area contributed by atoms with Gasteiger partial charge in [0.25, 0.3) is 11.8 Å². The molecule has 0 saturated heterocycles. The van der Waals surface area contributed by atoms with Crippen molar-refractivity contribution in [2.24, 2.45) is 0 Å². The van der Waals surface area contributed by atoms with E-state index in [4.69, 9.17) is 9.47 Å². The highest BCUT2D eigenvalue weighted by Crippen LogP contribution is 2.37. The normalized spacial score (nSPS) is 14.3. The van der Waals surface area contributed by atoms with Crippen LogP contribution in [0, 0.1) is 0 Å². The van der Waals surface area contributed by atoms with E-state index in [2.05, 4.69) is 20.9 Å². The molecule has 0 unspecified atom stereocenters. The number of nitrogens with one attached hydrogen (secondary N) is 3. The number of aromatic nitrogens is 1. The molecule has 3 aromatic rings. The molecule has 2 aliphatic heterocycles. The highest BCUT2D eigenvalue weighted by atomic mass is 16.7.